The zero-order valence-corrected chi connectivity index (χ0v) is 10.4. The lowest BCUT2D eigenvalue weighted by Crippen LogP contribution is -1.99. The molecular formula is C13H16O2S. The van der Waals surface area contributed by atoms with E-state index in [1.807, 2.05) is 13.8 Å². The standard InChI is InChI=1S/C13H16O2S/c1-3-11(13(14)15)8-9-16-12-6-4-10(2)5-7-12/h4-8H,3,9H2,1-2H3,(H,14,15). The Morgan fingerprint density at radius 1 is 1.38 bits per heavy atom. The van der Waals surface area contributed by atoms with Crippen molar-refractivity contribution >= 4 is 17.7 Å². The number of carboxylic acid groups (broad SMARTS) is 1. The molecule has 0 bridgehead atoms. The topological polar surface area (TPSA) is 37.3 Å². The molecule has 0 spiro atoms. The molecule has 0 saturated heterocycles. The van der Waals surface area contributed by atoms with Crippen LogP contribution >= 0.6 is 11.8 Å². The summed E-state index contributed by atoms with van der Waals surface area (Å²) in [6.45, 7) is 3.91. The van der Waals surface area contributed by atoms with Gasteiger partial charge in [-0.1, -0.05) is 30.7 Å². The van der Waals surface area contributed by atoms with Crippen LogP contribution in [0.5, 0.6) is 0 Å². The van der Waals surface area contributed by atoms with Crippen LogP contribution in [0.15, 0.2) is 40.8 Å². The molecular weight excluding hydrogens is 220 g/mol. The van der Waals surface area contributed by atoms with E-state index in [9.17, 15) is 4.79 Å². The van der Waals surface area contributed by atoms with Gasteiger partial charge in [-0.25, -0.2) is 4.79 Å². The fourth-order valence-corrected chi connectivity index (χ4v) is 2.06. The largest absolute Gasteiger partial charge is 0.478 e. The van der Waals surface area contributed by atoms with Crippen molar-refractivity contribution in [1.82, 2.24) is 0 Å². The van der Waals surface area contributed by atoms with Gasteiger partial charge in [0.1, 0.15) is 0 Å². The van der Waals surface area contributed by atoms with Crippen molar-refractivity contribution in [3.05, 3.63) is 41.5 Å². The summed E-state index contributed by atoms with van der Waals surface area (Å²) in [5.41, 5.74) is 1.72. The van der Waals surface area contributed by atoms with Crippen molar-refractivity contribution in [1.29, 1.82) is 0 Å². The summed E-state index contributed by atoms with van der Waals surface area (Å²) in [6, 6.07) is 8.23. The summed E-state index contributed by atoms with van der Waals surface area (Å²) >= 11 is 1.65. The molecule has 0 fully saturated rings. The van der Waals surface area contributed by atoms with E-state index in [-0.39, 0.29) is 0 Å². The van der Waals surface area contributed by atoms with E-state index < -0.39 is 5.97 Å². The maximum Gasteiger partial charge on any atom is 0.331 e. The van der Waals surface area contributed by atoms with Gasteiger partial charge < -0.3 is 5.11 Å². The van der Waals surface area contributed by atoms with Crippen molar-refractivity contribution < 1.29 is 9.90 Å². The van der Waals surface area contributed by atoms with Gasteiger partial charge in [0.2, 0.25) is 0 Å². The van der Waals surface area contributed by atoms with Crippen molar-refractivity contribution in [2.75, 3.05) is 5.75 Å². The summed E-state index contributed by atoms with van der Waals surface area (Å²) in [7, 11) is 0. The molecule has 16 heavy (non-hydrogen) atoms. The van der Waals surface area contributed by atoms with Crippen LogP contribution in [-0.2, 0) is 4.79 Å². The van der Waals surface area contributed by atoms with E-state index in [1.165, 1.54) is 10.5 Å². The second-order valence-electron chi connectivity index (χ2n) is 3.51. The van der Waals surface area contributed by atoms with Gasteiger partial charge in [0.25, 0.3) is 0 Å². The second-order valence-corrected chi connectivity index (χ2v) is 4.61. The quantitative estimate of drug-likeness (QED) is 0.628. The number of benzene rings is 1. The van der Waals surface area contributed by atoms with E-state index in [0.717, 1.165) is 0 Å². The summed E-state index contributed by atoms with van der Waals surface area (Å²) in [5, 5.41) is 8.83. The fraction of sp³-hybridized carbons (Fsp3) is 0.308. The van der Waals surface area contributed by atoms with E-state index in [1.54, 1.807) is 17.8 Å². The Balaban J connectivity index is 2.52. The Labute approximate surface area is 100 Å². The average Bonchev–Trinajstić information content (AvgIpc) is 2.26. The molecule has 0 aliphatic rings. The van der Waals surface area contributed by atoms with Gasteiger partial charge in [-0.3, -0.25) is 0 Å². The first-order chi connectivity index (χ1) is 7.63. The van der Waals surface area contributed by atoms with Gasteiger partial charge in [0.15, 0.2) is 0 Å². The number of carboxylic acids is 1. The fourth-order valence-electron chi connectivity index (χ4n) is 1.26. The molecule has 0 heterocycles. The average molecular weight is 236 g/mol. The lowest BCUT2D eigenvalue weighted by molar-refractivity contribution is -0.132. The molecule has 0 aromatic heterocycles. The van der Waals surface area contributed by atoms with Crippen LogP contribution in [0.4, 0.5) is 0 Å². The van der Waals surface area contributed by atoms with Crippen LogP contribution < -0.4 is 0 Å². The van der Waals surface area contributed by atoms with E-state index in [0.29, 0.717) is 17.7 Å². The van der Waals surface area contributed by atoms with Crippen molar-refractivity contribution in [2.24, 2.45) is 0 Å². The zero-order chi connectivity index (χ0) is 12.0. The first-order valence-electron chi connectivity index (χ1n) is 5.25. The normalized spacial score (nSPS) is 11.5. The third-order valence-electron chi connectivity index (χ3n) is 2.26. The van der Waals surface area contributed by atoms with Gasteiger partial charge in [-0.05, 0) is 25.5 Å². The molecule has 86 valence electrons. The van der Waals surface area contributed by atoms with Crippen molar-refractivity contribution in [3.8, 4) is 0 Å². The molecule has 0 atom stereocenters. The number of rotatable bonds is 5. The van der Waals surface area contributed by atoms with Crippen LogP contribution in [0.3, 0.4) is 0 Å². The van der Waals surface area contributed by atoms with Gasteiger partial charge in [0.05, 0.1) is 0 Å². The number of carbonyl (C=O) groups is 1. The monoisotopic (exact) mass is 236 g/mol. The maximum absolute atomic E-state index is 10.7. The van der Waals surface area contributed by atoms with E-state index in [2.05, 4.69) is 24.3 Å². The minimum atomic E-state index is -0.813. The smallest absolute Gasteiger partial charge is 0.331 e. The summed E-state index contributed by atoms with van der Waals surface area (Å²) in [6.07, 6.45) is 2.36. The molecule has 0 amide bonds. The van der Waals surface area contributed by atoms with Gasteiger partial charge in [-0.2, -0.15) is 0 Å². The highest BCUT2D eigenvalue weighted by molar-refractivity contribution is 7.99. The third kappa shape index (κ3) is 4.11. The molecule has 3 heteroatoms. The Kier molecular flexibility index (Phi) is 5.12. The summed E-state index contributed by atoms with van der Waals surface area (Å²) < 4.78 is 0. The first-order valence-corrected chi connectivity index (χ1v) is 6.24. The molecule has 1 N–H and O–H groups in total. The molecule has 0 aliphatic carbocycles. The Morgan fingerprint density at radius 3 is 2.50 bits per heavy atom. The Morgan fingerprint density at radius 2 is 2.00 bits per heavy atom. The van der Waals surface area contributed by atoms with Crippen LogP contribution in [0.25, 0.3) is 0 Å². The van der Waals surface area contributed by atoms with Gasteiger partial charge >= 0.3 is 5.97 Å². The lowest BCUT2D eigenvalue weighted by Gasteiger charge is -2.00. The van der Waals surface area contributed by atoms with Crippen molar-refractivity contribution in [2.45, 2.75) is 25.2 Å². The summed E-state index contributed by atoms with van der Waals surface area (Å²) in [5.74, 6) is -0.106. The highest BCUT2D eigenvalue weighted by Gasteiger charge is 2.02. The highest BCUT2D eigenvalue weighted by Crippen LogP contribution is 2.19. The molecule has 0 unspecified atom stereocenters. The summed E-state index contributed by atoms with van der Waals surface area (Å²) in [4.78, 5) is 11.9. The highest BCUT2D eigenvalue weighted by atomic mass is 32.2. The predicted molar refractivity (Wildman–Crippen MR) is 67.9 cm³/mol. The van der Waals surface area contributed by atoms with E-state index >= 15 is 0 Å². The van der Waals surface area contributed by atoms with Crippen LogP contribution in [0, 0.1) is 6.92 Å². The number of hydrogen-bond acceptors (Lipinski definition) is 2. The third-order valence-corrected chi connectivity index (χ3v) is 3.20. The molecule has 1 aromatic carbocycles. The van der Waals surface area contributed by atoms with Crippen LogP contribution in [0.1, 0.15) is 18.9 Å². The van der Waals surface area contributed by atoms with Crippen molar-refractivity contribution in [3.63, 3.8) is 0 Å². The maximum atomic E-state index is 10.7. The minimum absolute atomic E-state index is 0.486. The predicted octanol–water partition coefficient (Wildman–Crippen LogP) is 3.51. The first kappa shape index (κ1) is 12.8. The lowest BCUT2D eigenvalue weighted by atomic mass is 10.2. The van der Waals surface area contributed by atoms with Gasteiger partial charge in [0, 0.05) is 16.2 Å². The molecule has 0 aliphatic heterocycles. The number of aryl methyl sites for hydroxylation is 1. The Bertz CT molecular complexity index is 379. The number of aliphatic carboxylic acids is 1. The SMILES string of the molecule is CCC(=CCSc1ccc(C)cc1)C(=O)O. The second kappa shape index (κ2) is 6.38. The molecule has 0 radical (unpaired) electrons. The van der Waals surface area contributed by atoms with Crippen LogP contribution in [-0.4, -0.2) is 16.8 Å². The minimum Gasteiger partial charge on any atom is -0.478 e. The number of hydrogen-bond donors (Lipinski definition) is 1. The molecule has 1 aromatic rings. The van der Waals surface area contributed by atoms with E-state index in [4.69, 9.17) is 5.11 Å². The molecule has 1 rings (SSSR count). The van der Waals surface area contributed by atoms with Crippen LogP contribution in [0.2, 0.25) is 0 Å². The Hall–Kier alpha value is -1.22. The number of thioether (sulfide) groups is 1. The zero-order valence-electron chi connectivity index (χ0n) is 9.56. The molecule has 0 saturated carbocycles. The van der Waals surface area contributed by atoms with Gasteiger partial charge in [-0.15, -0.1) is 11.8 Å². The molecule has 2 nitrogen and oxygen atoms in total.